The van der Waals surface area contributed by atoms with Crippen LogP contribution in [0.3, 0.4) is 0 Å². The molecule has 8 heavy (non-hydrogen) atoms. The van der Waals surface area contributed by atoms with Crippen molar-refractivity contribution < 1.29 is 5.11 Å². The van der Waals surface area contributed by atoms with Crippen LogP contribution < -0.4 is 5.32 Å². The second kappa shape index (κ2) is 1.45. The van der Waals surface area contributed by atoms with E-state index in [0.29, 0.717) is 12.5 Å². The molecule has 0 bridgehead atoms. The van der Waals surface area contributed by atoms with Crippen molar-refractivity contribution in [2.24, 2.45) is 17.8 Å². The molecule has 2 aliphatic rings. The van der Waals surface area contributed by atoms with Crippen LogP contribution in [0.15, 0.2) is 0 Å². The summed E-state index contributed by atoms with van der Waals surface area (Å²) in [5, 5.41) is 12.0. The van der Waals surface area contributed by atoms with E-state index in [2.05, 4.69) is 5.32 Å². The monoisotopic (exact) mass is 113 g/mol. The third-order valence-corrected chi connectivity index (χ3v) is 2.48. The number of nitrogens with one attached hydrogen (secondary N) is 1. The minimum absolute atomic E-state index is 0.414. The maximum atomic E-state index is 8.68. The highest BCUT2D eigenvalue weighted by Crippen LogP contribution is 2.47. The predicted molar refractivity (Wildman–Crippen MR) is 30.4 cm³/mol. The van der Waals surface area contributed by atoms with E-state index < -0.39 is 0 Å². The molecule has 2 N–H and O–H groups in total. The molecule has 0 amide bonds. The fourth-order valence-electron chi connectivity index (χ4n) is 1.82. The van der Waals surface area contributed by atoms with Crippen molar-refractivity contribution in [2.45, 2.75) is 0 Å². The van der Waals surface area contributed by atoms with Crippen molar-refractivity contribution in [2.75, 3.05) is 19.7 Å². The Bertz CT molecular complexity index is 87.9. The van der Waals surface area contributed by atoms with Gasteiger partial charge in [0, 0.05) is 6.61 Å². The van der Waals surface area contributed by atoms with Crippen LogP contribution in [0.1, 0.15) is 0 Å². The van der Waals surface area contributed by atoms with Gasteiger partial charge in [-0.15, -0.1) is 0 Å². The number of aliphatic hydroxyl groups excluding tert-OH is 1. The van der Waals surface area contributed by atoms with Crippen LogP contribution in [0.2, 0.25) is 0 Å². The van der Waals surface area contributed by atoms with E-state index in [1.165, 1.54) is 0 Å². The van der Waals surface area contributed by atoms with Gasteiger partial charge in [-0.3, -0.25) is 0 Å². The average Bonchev–Trinajstić information content (AvgIpc) is 2.22. The number of fused-ring (bicyclic) bond motifs is 1. The predicted octanol–water partition coefficient (Wildman–Crippen LogP) is -0.556. The highest BCUT2D eigenvalue weighted by Gasteiger charge is 2.51. The van der Waals surface area contributed by atoms with E-state index in [-0.39, 0.29) is 0 Å². The molecule has 46 valence electrons. The van der Waals surface area contributed by atoms with E-state index in [1.54, 1.807) is 0 Å². The normalized spacial score (nSPS) is 51.4. The van der Waals surface area contributed by atoms with Crippen molar-refractivity contribution in [3.05, 3.63) is 0 Å². The Labute approximate surface area is 48.9 Å². The van der Waals surface area contributed by atoms with Crippen LogP contribution >= 0.6 is 0 Å². The Morgan fingerprint density at radius 1 is 1.38 bits per heavy atom. The molecule has 1 unspecified atom stereocenters. The van der Waals surface area contributed by atoms with Gasteiger partial charge in [0.15, 0.2) is 0 Å². The quantitative estimate of drug-likeness (QED) is 0.478. The third-order valence-electron chi connectivity index (χ3n) is 2.48. The fourth-order valence-corrected chi connectivity index (χ4v) is 1.82. The lowest BCUT2D eigenvalue weighted by atomic mass is 10.3. The smallest absolute Gasteiger partial charge is 0.0465 e. The first-order valence-corrected chi connectivity index (χ1v) is 3.25. The largest absolute Gasteiger partial charge is 0.396 e. The van der Waals surface area contributed by atoms with Gasteiger partial charge in [0.05, 0.1) is 0 Å². The Kier molecular flexibility index (Phi) is 0.866. The molecule has 2 fully saturated rings. The van der Waals surface area contributed by atoms with Gasteiger partial charge in [0.1, 0.15) is 0 Å². The molecule has 0 aromatic heterocycles. The molecule has 3 atom stereocenters. The molecule has 2 rings (SSSR count). The molecule has 0 spiro atoms. The van der Waals surface area contributed by atoms with E-state index >= 15 is 0 Å². The van der Waals surface area contributed by atoms with Gasteiger partial charge in [0.2, 0.25) is 0 Å². The average molecular weight is 113 g/mol. The molecule has 0 aromatic rings. The number of rotatable bonds is 1. The first-order chi connectivity index (χ1) is 3.93. The number of hydrogen-bond donors (Lipinski definition) is 2. The van der Waals surface area contributed by atoms with Gasteiger partial charge in [-0.25, -0.2) is 0 Å². The molecule has 0 radical (unpaired) electrons. The number of hydrogen-bond acceptors (Lipinski definition) is 2. The lowest BCUT2D eigenvalue weighted by molar-refractivity contribution is 0.258. The lowest BCUT2D eigenvalue weighted by Crippen LogP contribution is -2.15. The minimum Gasteiger partial charge on any atom is -0.396 e. The van der Waals surface area contributed by atoms with Crippen LogP contribution in [-0.2, 0) is 0 Å². The van der Waals surface area contributed by atoms with E-state index in [9.17, 15) is 0 Å². The summed E-state index contributed by atoms with van der Waals surface area (Å²) in [4.78, 5) is 0. The molecular formula is C6H11NO. The molecule has 1 saturated carbocycles. The Morgan fingerprint density at radius 3 is 2.38 bits per heavy atom. The van der Waals surface area contributed by atoms with Gasteiger partial charge in [-0.05, 0) is 30.8 Å². The maximum absolute atomic E-state index is 8.68. The summed E-state index contributed by atoms with van der Waals surface area (Å²) in [5.41, 5.74) is 0. The summed E-state index contributed by atoms with van der Waals surface area (Å²) in [6, 6.07) is 0. The minimum atomic E-state index is 0.414. The molecule has 1 aliphatic heterocycles. The first-order valence-electron chi connectivity index (χ1n) is 3.25. The second-order valence-electron chi connectivity index (χ2n) is 2.83. The van der Waals surface area contributed by atoms with Crippen molar-refractivity contribution in [1.29, 1.82) is 0 Å². The maximum Gasteiger partial charge on any atom is 0.0465 e. The topological polar surface area (TPSA) is 32.3 Å². The van der Waals surface area contributed by atoms with Gasteiger partial charge < -0.3 is 10.4 Å². The van der Waals surface area contributed by atoms with Crippen LogP contribution in [-0.4, -0.2) is 24.8 Å². The Balaban J connectivity index is 1.94. The third kappa shape index (κ3) is 0.446. The van der Waals surface area contributed by atoms with Crippen LogP contribution in [0.25, 0.3) is 0 Å². The Morgan fingerprint density at radius 2 is 2.00 bits per heavy atom. The van der Waals surface area contributed by atoms with Crippen LogP contribution in [0, 0.1) is 17.8 Å². The Hall–Kier alpha value is -0.0800. The first kappa shape index (κ1) is 4.77. The highest BCUT2D eigenvalue weighted by molar-refractivity contribution is 5.03. The number of piperidine rings is 1. The van der Waals surface area contributed by atoms with Crippen molar-refractivity contribution >= 4 is 0 Å². The summed E-state index contributed by atoms with van der Waals surface area (Å²) < 4.78 is 0. The zero-order valence-corrected chi connectivity index (χ0v) is 4.80. The summed E-state index contributed by atoms with van der Waals surface area (Å²) in [7, 11) is 0. The molecular weight excluding hydrogens is 102 g/mol. The molecule has 2 nitrogen and oxygen atoms in total. The summed E-state index contributed by atoms with van der Waals surface area (Å²) in [6.45, 7) is 2.71. The molecule has 1 heterocycles. The molecule has 2 heteroatoms. The standard InChI is InChI=1S/C6H11NO/c8-3-6-4-1-7-2-5(4)6/h4-8H,1-3H2/t4-,5?,6+/m0/s1. The van der Waals surface area contributed by atoms with Gasteiger partial charge in [-0.1, -0.05) is 0 Å². The van der Waals surface area contributed by atoms with Gasteiger partial charge in [-0.2, -0.15) is 0 Å². The van der Waals surface area contributed by atoms with Gasteiger partial charge in [0.25, 0.3) is 0 Å². The summed E-state index contributed by atoms with van der Waals surface area (Å²) in [6.07, 6.45) is 0. The molecule has 1 saturated heterocycles. The van der Waals surface area contributed by atoms with E-state index in [0.717, 1.165) is 24.9 Å². The van der Waals surface area contributed by atoms with Gasteiger partial charge >= 0.3 is 0 Å². The van der Waals surface area contributed by atoms with Crippen molar-refractivity contribution in [1.82, 2.24) is 5.32 Å². The SMILES string of the molecule is OC[C@H]1C2CNC[C@@H]21. The molecule has 1 aliphatic carbocycles. The van der Waals surface area contributed by atoms with E-state index in [4.69, 9.17) is 5.11 Å². The lowest BCUT2D eigenvalue weighted by Gasteiger charge is -1.97. The second-order valence-corrected chi connectivity index (χ2v) is 2.83. The zero-order chi connectivity index (χ0) is 5.56. The van der Waals surface area contributed by atoms with Crippen LogP contribution in [0.5, 0.6) is 0 Å². The zero-order valence-electron chi connectivity index (χ0n) is 4.80. The van der Waals surface area contributed by atoms with Crippen molar-refractivity contribution in [3.63, 3.8) is 0 Å². The summed E-state index contributed by atoms with van der Waals surface area (Å²) in [5.74, 6) is 2.33. The highest BCUT2D eigenvalue weighted by atomic mass is 16.3. The number of aliphatic hydroxyl groups is 1. The fraction of sp³-hybridized carbons (Fsp3) is 1.00. The van der Waals surface area contributed by atoms with Crippen LogP contribution in [0.4, 0.5) is 0 Å². The van der Waals surface area contributed by atoms with E-state index in [1.807, 2.05) is 0 Å². The summed E-state index contributed by atoms with van der Waals surface area (Å²) >= 11 is 0. The van der Waals surface area contributed by atoms with Crippen molar-refractivity contribution in [3.8, 4) is 0 Å². The molecule has 0 aromatic carbocycles.